The summed E-state index contributed by atoms with van der Waals surface area (Å²) in [5, 5.41) is 0. The Morgan fingerprint density at radius 3 is 1.97 bits per heavy atom. The quantitative estimate of drug-likeness (QED) is 0.664. The van der Waals surface area contributed by atoms with E-state index in [0.717, 1.165) is 0 Å². The topological polar surface area (TPSA) is 90.0 Å². The molecular weight excluding hydrogens is 398 g/mol. The van der Waals surface area contributed by atoms with Gasteiger partial charge in [0, 0.05) is 23.9 Å². The lowest BCUT2D eigenvalue weighted by Gasteiger charge is -2.30. The molecular formula is C24H33NO6. The number of hydrogen-bond acceptors (Lipinski definition) is 6. The first-order valence-corrected chi connectivity index (χ1v) is 10.5. The van der Waals surface area contributed by atoms with Crippen LogP contribution in [-0.2, 0) is 23.9 Å². The molecule has 1 aliphatic rings. The zero-order valence-corrected chi connectivity index (χ0v) is 19.4. The Morgan fingerprint density at radius 2 is 1.48 bits per heavy atom. The molecule has 170 valence electrons. The SMILES string of the molecule is CC(=O)[C@H]1CN(C(=O)c2ccccc2)[C@H](C(=O)OC(C)(C)C)[C@H]1CC(=O)OC(C)(C)C. The number of esters is 2. The summed E-state index contributed by atoms with van der Waals surface area (Å²) >= 11 is 0. The molecule has 1 saturated heterocycles. The lowest BCUT2D eigenvalue weighted by molar-refractivity contribution is -0.162. The van der Waals surface area contributed by atoms with Crippen molar-refractivity contribution >= 4 is 23.6 Å². The van der Waals surface area contributed by atoms with Crippen molar-refractivity contribution in [3.63, 3.8) is 0 Å². The van der Waals surface area contributed by atoms with Gasteiger partial charge >= 0.3 is 11.9 Å². The second-order valence-electron chi connectivity index (χ2n) is 9.97. The molecule has 7 nitrogen and oxygen atoms in total. The molecule has 1 aromatic carbocycles. The van der Waals surface area contributed by atoms with Gasteiger partial charge in [0.05, 0.1) is 6.42 Å². The van der Waals surface area contributed by atoms with E-state index in [4.69, 9.17) is 9.47 Å². The van der Waals surface area contributed by atoms with Crippen LogP contribution in [0.3, 0.4) is 0 Å². The van der Waals surface area contributed by atoms with Gasteiger partial charge in [0.15, 0.2) is 0 Å². The Balaban J connectivity index is 2.44. The molecule has 0 bridgehead atoms. The van der Waals surface area contributed by atoms with Crippen molar-refractivity contribution in [2.45, 2.75) is 72.1 Å². The van der Waals surface area contributed by atoms with Gasteiger partial charge in [-0.1, -0.05) is 18.2 Å². The van der Waals surface area contributed by atoms with Crippen molar-refractivity contribution in [1.29, 1.82) is 0 Å². The van der Waals surface area contributed by atoms with Crippen molar-refractivity contribution in [3.05, 3.63) is 35.9 Å². The molecule has 7 heteroatoms. The average Bonchev–Trinajstić information content (AvgIpc) is 2.98. The number of carbonyl (C=O) groups is 4. The maximum Gasteiger partial charge on any atom is 0.329 e. The molecule has 3 atom stereocenters. The van der Waals surface area contributed by atoms with E-state index in [-0.39, 0.29) is 24.7 Å². The standard InChI is InChI=1S/C24H33NO6/c1-15(26)18-14-25(21(28)16-11-9-8-10-12-16)20(22(29)31-24(5,6)7)17(18)13-19(27)30-23(2,3)4/h8-12,17-18,20H,13-14H2,1-7H3/t17-,18+,20-/m0/s1. The van der Waals surface area contributed by atoms with Crippen molar-refractivity contribution in [1.82, 2.24) is 4.90 Å². The highest BCUT2D eigenvalue weighted by molar-refractivity contribution is 5.98. The molecule has 1 aliphatic heterocycles. The zero-order valence-electron chi connectivity index (χ0n) is 19.4. The summed E-state index contributed by atoms with van der Waals surface area (Å²) < 4.78 is 11.0. The number of amides is 1. The predicted octanol–water partition coefficient (Wildman–Crippen LogP) is 3.41. The molecule has 0 aliphatic carbocycles. The zero-order chi connectivity index (χ0) is 23.6. The molecule has 0 saturated carbocycles. The summed E-state index contributed by atoms with van der Waals surface area (Å²) in [6, 6.07) is 7.49. The summed E-state index contributed by atoms with van der Waals surface area (Å²) in [4.78, 5) is 52.8. The highest BCUT2D eigenvalue weighted by Gasteiger charge is 2.51. The molecule has 2 rings (SSSR count). The number of ketones is 1. The fourth-order valence-electron chi connectivity index (χ4n) is 3.79. The lowest BCUT2D eigenvalue weighted by atomic mass is 9.85. The van der Waals surface area contributed by atoms with Gasteiger partial charge in [-0.25, -0.2) is 4.79 Å². The third-order valence-electron chi connectivity index (χ3n) is 4.93. The van der Waals surface area contributed by atoms with E-state index in [1.165, 1.54) is 11.8 Å². The Kier molecular flexibility index (Phi) is 7.29. The van der Waals surface area contributed by atoms with Crippen molar-refractivity contribution in [3.8, 4) is 0 Å². The number of benzene rings is 1. The predicted molar refractivity (Wildman–Crippen MR) is 115 cm³/mol. The average molecular weight is 432 g/mol. The van der Waals surface area contributed by atoms with E-state index in [0.29, 0.717) is 5.56 Å². The van der Waals surface area contributed by atoms with Crippen LogP contribution < -0.4 is 0 Å². The van der Waals surface area contributed by atoms with Crippen LogP contribution in [0.25, 0.3) is 0 Å². The third-order valence-corrected chi connectivity index (χ3v) is 4.93. The van der Waals surface area contributed by atoms with Gasteiger partial charge in [0.1, 0.15) is 23.0 Å². The van der Waals surface area contributed by atoms with Gasteiger partial charge in [-0.2, -0.15) is 0 Å². The molecule has 0 spiro atoms. The first-order chi connectivity index (χ1) is 14.2. The van der Waals surface area contributed by atoms with E-state index in [9.17, 15) is 19.2 Å². The van der Waals surface area contributed by atoms with Crippen LogP contribution in [-0.4, -0.2) is 52.3 Å². The molecule has 0 unspecified atom stereocenters. The summed E-state index contributed by atoms with van der Waals surface area (Å²) in [5.41, 5.74) is -1.10. The maximum absolute atomic E-state index is 13.2. The highest BCUT2D eigenvalue weighted by Crippen LogP contribution is 2.36. The van der Waals surface area contributed by atoms with Crippen LogP contribution in [0.15, 0.2) is 30.3 Å². The van der Waals surface area contributed by atoms with Crippen LogP contribution in [0.1, 0.15) is 65.2 Å². The summed E-state index contributed by atoms with van der Waals surface area (Å²) in [5.74, 6) is -3.12. The minimum atomic E-state index is -1.06. The smallest absolute Gasteiger partial charge is 0.329 e. The number of Topliss-reactive ketones (excluding diaryl/α,β-unsaturated/α-hetero) is 1. The Morgan fingerprint density at radius 1 is 0.935 bits per heavy atom. The fraction of sp³-hybridized carbons (Fsp3) is 0.583. The van der Waals surface area contributed by atoms with Crippen LogP contribution >= 0.6 is 0 Å². The summed E-state index contributed by atoms with van der Waals surface area (Å²) in [6.45, 7) is 11.9. The van der Waals surface area contributed by atoms with E-state index in [1.54, 1.807) is 71.9 Å². The second kappa shape index (κ2) is 9.20. The second-order valence-corrected chi connectivity index (χ2v) is 9.97. The number of rotatable bonds is 5. The van der Waals surface area contributed by atoms with Gasteiger partial charge in [0.2, 0.25) is 0 Å². The number of carbonyl (C=O) groups excluding carboxylic acids is 4. The fourth-order valence-corrected chi connectivity index (χ4v) is 3.79. The molecule has 1 amide bonds. The lowest BCUT2D eigenvalue weighted by Crippen LogP contribution is -2.46. The number of likely N-dealkylation sites (tertiary alicyclic amines) is 1. The van der Waals surface area contributed by atoms with Crippen LogP contribution in [0.2, 0.25) is 0 Å². The Bertz CT molecular complexity index is 834. The van der Waals surface area contributed by atoms with E-state index in [2.05, 4.69) is 0 Å². The van der Waals surface area contributed by atoms with E-state index < -0.39 is 41.0 Å². The number of ether oxygens (including phenoxy) is 2. The minimum absolute atomic E-state index is 0.0421. The van der Waals surface area contributed by atoms with Crippen LogP contribution in [0.4, 0.5) is 0 Å². The first kappa shape index (κ1) is 24.6. The monoisotopic (exact) mass is 431 g/mol. The first-order valence-electron chi connectivity index (χ1n) is 10.5. The normalized spacial score (nSPS) is 21.5. The largest absolute Gasteiger partial charge is 0.460 e. The minimum Gasteiger partial charge on any atom is -0.460 e. The van der Waals surface area contributed by atoms with Crippen LogP contribution in [0.5, 0.6) is 0 Å². The summed E-state index contributed by atoms with van der Waals surface area (Å²) in [7, 11) is 0. The number of nitrogens with zero attached hydrogens (tertiary/aromatic N) is 1. The molecule has 1 aromatic rings. The van der Waals surface area contributed by atoms with E-state index >= 15 is 0 Å². The highest BCUT2D eigenvalue weighted by atomic mass is 16.6. The molecule has 0 radical (unpaired) electrons. The number of hydrogen-bond donors (Lipinski definition) is 0. The molecule has 31 heavy (non-hydrogen) atoms. The van der Waals surface area contributed by atoms with Crippen molar-refractivity contribution in [2.75, 3.05) is 6.54 Å². The molecule has 0 N–H and O–H groups in total. The van der Waals surface area contributed by atoms with Crippen molar-refractivity contribution in [2.24, 2.45) is 11.8 Å². The van der Waals surface area contributed by atoms with Gasteiger partial charge in [-0.05, 0) is 60.6 Å². The van der Waals surface area contributed by atoms with Gasteiger partial charge < -0.3 is 14.4 Å². The Hall–Kier alpha value is -2.70. The molecule has 0 aromatic heterocycles. The Labute approximate surface area is 184 Å². The van der Waals surface area contributed by atoms with Crippen molar-refractivity contribution < 1.29 is 28.7 Å². The van der Waals surface area contributed by atoms with E-state index in [1.807, 2.05) is 0 Å². The molecule has 1 fully saturated rings. The summed E-state index contributed by atoms with van der Waals surface area (Å²) in [6.07, 6.45) is -0.163. The molecule has 1 heterocycles. The van der Waals surface area contributed by atoms with Gasteiger partial charge in [-0.3, -0.25) is 14.4 Å². The third kappa shape index (κ3) is 6.64. The van der Waals surface area contributed by atoms with Gasteiger partial charge in [-0.15, -0.1) is 0 Å². The maximum atomic E-state index is 13.2. The van der Waals surface area contributed by atoms with Gasteiger partial charge in [0.25, 0.3) is 5.91 Å². The van der Waals surface area contributed by atoms with Crippen LogP contribution in [0, 0.1) is 11.8 Å².